The molecule has 0 aliphatic carbocycles. The Morgan fingerprint density at radius 2 is 1.87 bits per heavy atom. The fourth-order valence-corrected chi connectivity index (χ4v) is 5.15. The van der Waals surface area contributed by atoms with Crippen LogP contribution in [-0.4, -0.2) is 16.5 Å². The normalized spacial score (nSPS) is 12.6. The number of nitrogens with one attached hydrogen (secondary N) is 1. The molecule has 31 heavy (non-hydrogen) atoms. The van der Waals surface area contributed by atoms with Crippen molar-refractivity contribution in [3.63, 3.8) is 0 Å². The molecule has 1 atom stereocenters. The van der Waals surface area contributed by atoms with Crippen molar-refractivity contribution >= 4 is 42.5 Å². The van der Waals surface area contributed by atoms with Crippen LogP contribution in [-0.2, 0) is 6.42 Å². The molecule has 2 aromatic heterocycles. The summed E-state index contributed by atoms with van der Waals surface area (Å²) in [6.07, 6.45) is 1.22. The number of fused-ring (bicyclic) bond motifs is 3. The minimum atomic E-state index is -0.223. The highest BCUT2D eigenvalue weighted by Crippen LogP contribution is 2.35. The van der Waals surface area contributed by atoms with Gasteiger partial charge in [-0.2, -0.15) is 0 Å². The molecule has 1 unspecified atom stereocenters. The van der Waals surface area contributed by atoms with Crippen molar-refractivity contribution in [2.75, 3.05) is 6.54 Å². The molecule has 0 spiro atoms. The summed E-state index contributed by atoms with van der Waals surface area (Å²) >= 11 is 1.61. The van der Waals surface area contributed by atoms with Gasteiger partial charge in [0.2, 0.25) is 0 Å². The molecular weight excluding hydrogens is 406 g/mol. The third-order valence-electron chi connectivity index (χ3n) is 5.53. The molecule has 0 aliphatic heterocycles. The smallest absolute Gasteiger partial charge is 0.199 e. The van der Waals surface area contributed by atoms with Crippen molar-refractivity contribution in [1.29, 1.82) is 0 Å². The van der Waals surface area contributed by atoms with E-state index in [1.54, 1.807) is 11.3 Å². The van der Waals surface area contributed by atoms with E-state index >= 15 is 0 Å². The second kappa shape index (κ2) is 8.13. The van der Waals surface area contributed by atoms with E-state index in [0.717, 1.165) is 43.6 Å². The number of hydrogen-bond donors (Lipinski definition) is 2. The zero-order chi connectivity index (χ0) is 21.4. The van der Waals surface area contributed by atoms with Gasteiger partial charge in [0.1, 0.15) is 17.7 Å². The maximum absolute atomic E-state index is 13.3. The van der Waals surface area contributed by atoms with Crippen LogP contribution in [0.2, 0.25) is 0 Å². The second-order valence-corrected chi connectivity index (χ2v) is 8.62. The van der Waals surface area contributed by atoms with Gasteiger partial charge in [-0.1, -0.05) is 37.3 Å². The lowest BCUT2D eigenvalue weighted by atomic mass is 10.0. The van der Waals surface area contributed by atoms with Gasteiger partial charge in [0, 0.05) is 26.8 Å². The highest BCUT2D eigenvalue weighted by atomic mass is 32.1. The van der Waals surface area contributed by atoms with E-state index in [1.165, 1.54) is 0 Å². The van der Waals surface area contributed by atoms with Gasteiger partial charge in [-0.05, 0) is 43.3 Å². The summed E-state index contributed by atoms with van der Waals surface area (Å²) in [5, 5.41) is 1.37. The largest absolute Gasteiger partial charge is 0.485 e. The van der Waals surface area contributed by atoms with Crippen LogP contribution in [0.3, 0.4) is 0 Å². The minimum Gasteiger partial charge on any atom is -0.485 e. The van der Waals surface area contributed by atoms with Gasteiger partial charge in [-0.25, -0.2) is 4.98 Å². The predicted molar refractivity (Wildman–Crippen MR) is 128 cm³/mol. The maximum Gasteiger partial charge on any atom is 0.199 e. The topological polar surface area (TPSA) is 81.0 Å². The van der Waals surface area contributed by atoms with Crippen molar-refractivity contribution in [1.82, 2.24) is 9.97 Å². The molecule has 3 N–H and O–H groups in total. The summed E-state index contributed by atoms with van der Waals surface area (Å²) in [6, 6.07) is 19.6. The summed E-state index contributed by atoms with van der Waals surface area (Å²) in [6.45, 7) is 2.62. The molecule has 0 bridgehead atoms. The van der Waals surface area contributed by atoms with Crippen molar-refractivity contribution in [2.45, 2.75) is 25.9 Å². The summed E-state index contributed by atoms with van der Waals surface area (Å²) < 4.78 is 8.41. The zero-order valence-electron chi connectivity index (χ0n) is 17.2. The number of ether oxygens (including phenoxy) is 1. The maximum atomic E-state index is 13.3. The van der Waals surface area contributed by atoms with Crippen LogP contribution in [0, 0.1) is 0 Å². The molecule has 0 saturated carbocycles. The van der Waals surface area contributed by atoms with E-state index in [4.69, 9.17) is 15.5 Å². The van der Waals surface area contributed by atoms with Gasteiger partial charge in [0.25, 0.3) is 0 Å². The molecule has 5 nitrogen and oxygen atoms in total. The first-order chi connectivity index (χ1) is 15.2. The first-order valence-corrected chi connectivity index (χ1v) is 11.3. The van der Waals surface area contributed by atoms with Crippen molar-refractivity contribution < 1.29 is 4.74 Å². The lowest BCUT2D eigenvalue weighted by Gasteiger charge is -2.19. The lowest BCUT2D eigenvalue weighted by Crippen LogP contribution is -2.10. The van der Waals surface area contributed by atoms with Crippen LogP contribution >= 0.6 is 11.3 Å². The minimum absolute atomic E-state index is 0.0120. The number of rotatable bonds is 6. The van der Waals surface area contributed by atoms with Gasteiger partial charge in [-0.15, -0.1) is 11.3 Å². The number of hydrogen-bond acceptors (Lipinski definition) is 5. The SMILES string of the molecule is CCC(Oc1cccc2sc3ccccc3c(=O)c12)c1cccc2[nH]c(CCN)nc12. The molecule has 0 saturated heterocycles. The fraction of sp³-hybridized carbons (Fsp3) is 0.200. The molecule has 5 rings (SSSR count). The Morgan fingerprint density at radius 1 is 1.06 bits per heavy atom. The van der Waals surface area contributed by atoms with E-state index in [2.05, 4.69) is 11.9 Å². The van der Waals surface area contributed by atoms with E-state index in [-0.39, 0.29) is 11.5 Å². The van der Waals surface area contributed by atoms with Crippen molar-refractivity contribution in [2.24, 2.45) is 5.73 Å². The van der Waals surface area contributed by atoms with E-state index in [0.29, 0.717) is 24.1 Å². The summed E-state index contributed by atoms with van der Waals surface area (Å²) in [5.74, 6) is 1.49. The van der Waals surface area contributed by atoms with Gasteiger partial charge in [0.15, 0.2) is 5.43 Å². The van der Waals surface area contributed by atoms with Crippen LogP contribution in [0.25, 0.3) is 31.2 Å². The molecular formula is C25H23N3O2S. The monoisotopic (exact) mass is 429 g/mol. The molecule has 2 heterocycles. The molecule has 0 fully saturated rings. The van der Waals surface area contributed by atoms with Gasteiger partial charge >= 0.3 is 0 Å². The van der Waals surface area contributed by atoms with Crippen LogP contribution in [0.1, 0.15) is 30.8 Å². The molecule has 5 aromatic rings. The van der Waals surface area contributed by atoms with Crippen LogP contribution < -0.4 is 15.9 Å². The Morgan fingerprint density at radius 3 is 2.71 bits per heavy atom. The Hall–Kier alpha value is -3.22. The standard InChI is InChI=1S/C25H23N3O2S/c1-2-18(15-8-5-9-17-24(15)28-22(27-17)13-14-26)30-19-10-6-12-21-23(19)25(29)16-7-3-4-11-20(16)31-21/h3-12,18H,2,13-14,26H2,1H3,(H,27,28). The average molecular weight is 430 g/mol. The predicted octanol–water partition coefficient (Wildman–Crippen LogP) is 5.32. The number of imidazole rings is 1. The number of aromatic amines is 1. The number of aromatic nitrogens is 2. The van der Waals surface area contributed by atoms with Crippen LogP contribution in [0.15, 0.2) is 65.5 Å². The number of benzene rings is 3. The number of nitrogens with zero attached hydrogens (tertiary/aromatic N) is 1. The Labute approximate surface area is 183 Å². The van der Waals surface area contributed by atoms with Crippen LogP contribution in [0.4, 0.5) is 0 Å². The average Bonchev–Trinajstić information content (AvgIpc) is 3.20. The fourth-order valence-electron chi connectivity index (χ4n) is 4.05. The highest BCUT2D eigenvalue weighted by Gasteiger charge is 2.19. The summed E-state index contributed by atoms with van der Waals surface area (Å²) in [4.78, 5) is 21.4. The quantitative estimate of drug-likeness (QED) is 0.358. The first-order valence-electron chi connectivity index (χ1n) is 10.5. The first kappa shape index (κ1) is 19.7. The lowest BCUT2D eigenvalue weighted by molar-refractivity contribution is 0.205. The number of nitrogens with two attached hydrogens (primary N) is 1. The Balaban J connectivity index is 1.62. The van der Waals surface area contributed by atoms with Gasteiger partial charge in [0.05, 0.1) is 16.4 Å². The van der Waals surface area contributed by atoms with Crippen LogP contribution in [0.5, 0.6) is 5.75 Å². The van der Waals surface area contributed by atoms with Crippen molar-refractivity contribution in [3.05, 3.63) is 82.3 Å². The third kappa shape index (κ3) is 3.48. The Bertz CT molecular complexity index is 1450. The third-order valence-corrected chi connectivity index (χ3v) is 6.66. The highest BCUT2D eigenvalue weighted by molar-refractivity contribution is 7.24. The molecule has 0 radical (unpaired) electrons. The molecule has 156 valence electrons. The Kier molecular flexibility index (Phi) is 5.18. The molecule has 0 amide bonds. The molecule has 3 aromatic carbocycles. The van der Waals surface area contributed by atoms with E-state index in [9.17, 15) is 4.79 Å². The number of para-hydroxylation sites is 1. The summed E-state index contributed by atoms with van der Waals surface area (Å²) in [5.41, 5.74) is 8.59. The van der Waals surface area contributed by atoms with E-state index in [1.807, 2.05) is 60.7 Å². The number of H-pyrrole nitrogens is 1. The van der Waals surface area contributed by atoms with Gasteiger partial charge < -0.3 is 15.5 Å². The second-order valence-electron chi connectivity index (χ2n) is 7.54. The summed E-state index contributed by atoms with van der Waals surface area (Å²) in [7, 11) is 0. The van der Waals surface area contributed by atoms with Gasteiger partial charge in [-0.3, -0.25) is 4.79 Å². The van der Waals surface area contributed by atoms with E-state index < -0.39 is 0 Å². The molecule has 0 aliphatic rings. The van der Waals surface area contributed by atoms with Crippen molar-refractivity contribution in [3.8, 4) is 5.75 Å². The zero-order valence-corrected chi connectivity index (χ0v) is 18.0. The molecule has 6 heteroatoms.